The molecule has 1 aliphatic heterocycles. The number of fused-ring (bicyclic) bond motifs is 4. The summed E-state index contributed by atoms with van der Waals surface area (Å²) in [5, 5.41) is 11.8. The Bertz CT molecular complexity index is 1010. The number of nitrogens with one attached hydrogen (secondary N) is 1. The van der Waals surface area contributed by atoms with Crippen LogP contribution in [0.2, 0.25) is 0 Å². The van der Waals surface area contributed by atoms with Crippen LogP contribution < -0.4 is 5.32 Å². The van der Waals surface area contributed by atoms with Crippen LogP contribution in [0.25, 0.3) is 11.1 Å². The van der Waals surface area contributed by atoms with E-state index in [9.17, 15) is 14.4 Å². The quantitative estimate of drug-likeness (QED) is 0.653. The minimum atomic E-state index is -0.751. The molecule has 2 aromatic rings. The highest BCUT2D eigenvalue weighted by Gasteiger charge is 2.60. The number of benzene rings is 2. The molecular formula is C25H26N2O5. The summed E-state index contributed by atoms with van der Waals surface area (Å²) in [4.78, 5) is 37.3. The second-order valence-corrected chi connectivity index (χ2v) is 8.85. The Morgan fingerprint density at radius 3 is 2.16 bits per heavy atom. The van der Waals surface area contributed by atoms with Crippen molar-refractivity contribution >= 4 is 18.0 Å². The maximum Gasteiger partial charge on any atom is 0.407 e. The van der Waals surface area contributed by atoms with Crippen molar-refractivity contribution in [3.8, 4) is 11.1 Å². The van der Waals surface area contributed by atoms with E-state index < -0.39 is 12.1 Å². The summed E-state index contributed by atoms with van der Waals surface area (Å²) in [5.74, 6) is -0.735. The minimum absolute atomic E-state index is 0.0194. The summed E-state index contributed by atoms with van der Waals surface area (Å²) < 4.78 is 5.50. The molecular weight excluding hydrogens is 408 g/mol. The molecule has 2 atom stereocenters. The van der Waals surface area contributed by atoms with Gasteiger partial charge >= 0.3 is 12.1 Å². The van der Waals surface area contributed by atoms with Gasteiger partial charge in [0.1, 0.15) is 6.61 Å². The third-order valence-electron chi connectivity index (χ3n) is 7.01. The Kier molecular flexibility index (Phi) is 5.33. The molecule has 1 saturated heterocycles. The van der Waals surface area contributed by atoms with Crippen LogP contribution in [0.15, 0.2) is 48.5 Å². The van der Waals surface area contributed by atoms with Gasteiger partial charge in [0.25, 0.3) is 0 Å². The van der Waals surface area contributed by atoms with Crippen LogP contribution in [-0.4, -0.2) is 54.2 Å². The molecule has 2 aliphatic carbocycles. The van der Waals surface area contributed by atoms with Gasteiger partial charge in [-0.3, -0.25) is 9.59 Å². The van der Waals surface area contributed by atoms with Gasteiger partial charge in [0.2, 0.25) is 5.91 Å². The lowest BCUT2D eigenvalue weighted by Crippen LogP contribution is -2.33. The molecule has 2 fully saturated rings. The average molecular weight is 434 g/mol. The molecule has 32 heavy (non-hydrogen) atoms. The van der Waals surface area contributed by atoms with Gasteiger partial charge in [0, 0.05) is 32.0 Å². The average Bonchev–Trinajstić information content (AvgIpc) is 3.15. The molecule has 0 aromatic heterocycles. The van der Waals surface area contributed by atoms with E-state index in [-0.39, 0.29) is 36.2 Å². The first kappa shape index (κ1) is 20.5. The van der Waals surface area contributed by atoms with Crippen molar-refractivity contribution in [2.24, 2.45) is 17.8 Å². The van der Waals surface area contributed by atoms with Gasteiger partial charge in [0.05, 0.1) is 5.92 Å². The number of hydrogen-bond donors (Lipinski definition) is 2. The van der Waals surface area contributed by atoms with E-state index in [1.165, 1.54) is 22.3 Å². The summed E-state index contributed by atoms with van der Waals surface area (Å²) in [6.45, 7) is 1.71. The molecule has 1 saturated carbocycles. The number of carboxylic acid groups (broad SMARTS) is 1. The number of hydrogen-bond acceptors (Lipinski definition) is 4. The van der Waals surface area contributed by atoms with Crippen LogP contribution in [0.4, 0.5) is 4.79 Å². The van der Waals surface area contributed by atoms with E-state index in [4.69, 9.17) is 9.84 Å². The highest BCUT2D eigenvalue weighted by Crippen LogP contribution is 2.51. The van der Waals surface area contributed by atoms with E-state index in [0.717, 1.165) is 0 Å². The molecule has 0 radical (unpaired) electrons. The first-order valence-electron chi connectivity index (χ1n) is 11.1. The molecule has 2 aromatic carbocycles. The lowest BCUT2D eigenvalue weighted by molar-refractivity contribution is -0.141. The Labute approximate surface area is 186 Å². The number of carbonyl (C=O) groups excluding carboxylic acids is 2. The number of likely N-dealkylation sites (tertiary alicyclic amines) is 1. The fraction of sp³-hybridized carbons (Fsp3) is 0.400. The van der Waals surface area contributed by atoms with Crippen molar-refractivity contribution in [3.63, 3.8) is 0 Å². The zero-order chi connectivity index (χ0) is 22.2. The van der Waals surface area contributed by atoms with Crippen LogP contribution in [0.1, 0.15) is 29.9 Å². The number of aliphatic carboxylic acids is 1. The van der Waals surface area contributed by atoms with Gasteiger partial charge in [0.15, 0.2) is 0 Å². The van der Waals surface area contributed by atoms with Gasteiger partial charge in [-0.25, -0.2) is 4.79 Å². The van der Waals surface area contributed by atoms with E-state index in [0.29, 0.717) is 32.5 Å². The van der Waals surface area contributed by atoms with Crippen molar-refractivity contribution in [1.29, 1.82) is 0 Å². The number of carboxylic acids is 1. The smallest absolute Gasteiger partial charge is 0.407 e. The Hall–Kier alpha value is -3.35. The standard InChI is InChI=1S/C25H26N2O5/c28-22(27-12-19-20(13-27)23(19)24(29)30)10-5-11-26-25(31)32-14-21-17-8-3-1-6-15(17)16-7-2-4-9-18(16)21/h1-4,6-9,19-21,23H,5,10-14H2,(H,26,31)(H,29,30). The van der Waals surface area contributed by atoms with Gasteiger partial charge in [-0.1, -0.05) is 48.5 Å². The lowest BCUT2D eigenvalue weighted by atomic mass is 9.98. The monoisotopic (exact) mass is 434 g/mol. The van der Waals surface area contributed by atoms with Crippen molar-refractivity contribution in [3.05, 3.63) is 59.7 Å². The van der Waals surface area contributed by atoms with E-state index in [2.05, 4.69) is 29.6 Å². The van der Waals surface area contributed by atoms with Gasteiger partial charge in [-0.15, -0.1) is 0 Å². The molecule has 2 N–H and O–H groups in total. The number of piperidine rings is 1. The predicted molar refractivity (Wildman–Crippen MR) is 117 cm³/mol. The first-order valence-corrected chi connectivity index (χ1v) is 11.1. The summed E-state index contributed by atoms with van der Waals surface area (Å²) in [6.07, 6.45) is 0.379. The number of nitrogens with zero attached hydrogens (tertiary/aromatic N) is 1. The van der Waals surface area contributed by atoms with Crippen molar-refractivity contribution in [2.75, 3.05) is 26.2 Å². The van der Waals surface area contributed by atoms with Crippen LogP contribution in [0.5, 0.6) is 0 Å². The van der Waals surface area contributed by atoms with Crippen LogP contribution in [-0.2, 0) is 14.3 Å². The highest BCUT2D eigenvalue weighted by molar-refractivity contribution is 5.80. The van der Waals surface area contributed by atoms with E-state index in [1.54, 1.807) is 4.90 Å². The van der Waals surface area contributed by atoms with Crippen LogP contribution in [0, 0.1) is 17.8 Å². The Morgan fingerprint density at radius 1 is 0.969 bits per heavy atom. The molecule has 1 heterocycles. The second kappa shape index (κ2) is 8.30. The van der Waals surface area contributed by atoms with Crippen LogP contribution in [0.3, 0.4) is 0 Å². The molecule has 0 bridgehead atoms. The molecule has 2 unspecified atom stereocenters. The fourth-order valence-corrected chi connectivity index (χ4v) is 5.33. The van der Waals surface area contributed by atoms with Crippen molar-refractivity contribution < 1.29 is 24.2 Å². The van der Waals surface area contributed by atoms with E-state index >= 15 is 0 Å². The topological polar surface area (TPSA) is 95.9 Å². The van der Waals surface area contributed by atoms with E-state index in [1.807, 2.05) is 24.3 Å². The number of ether oxygens (including phenoxy) is 1. The van der Waals surface area contributed by atoms with Gasteiger partial charge in [-0.05, 0) is 40.5 Å². The molecule has 166 valence electrons. The number of carbonyl (C=O) groups is 3. The molecule has 3 aliphatic rings. The molecule has 7 nitrogen and oxygen atoms in total. The molecule has 0 spiro atoms. The Balaban J connectivity index is 1.04. The largest absolute Gasteiger partial charge is 0.481 e. The predicted octanol–water partition coefficient (Wildman–Crippen LogP) is 3.09. The zero-order valence-corrected chi connectivity index (χ0v) is 17.7. The summed E-state index contributed by atoms with van der Waals surface area (Å²) in [5.41, 5.74) is 4.71. The summed E-state index contributed by atoms with van der Waals surface area (Å²) >= 11 is 0. The first-order chi connectivity index (χ1) is 15.5. The highest BCUT2D eigenvalue weighted by atomic mass is 16.5. The zero-order valence-electron chi connectivity index (χ0n) is 17.7. The SMILES string of the molecule is O=C(NCCCC(=O)N1CC2C(C1)C2C(=O)O)OCC1c2ccccc2-c2ccccc21. The third-order valence-corrected chi connectivity index (χ3v) is 7.01. The third kappa shape index (κ3) is 3.72. The van der Waals surface area contributed by atoms with Gasteiger partial charge in [-0.2, -0.15) is 0 Å². The second-order valence-electron chi connectivity index (χ2n) is 8.85. The normalized spacial score (nSPS) is 22.6. The minimum Gasteiger partial charge on any atom is -0.481 e. The summed E-state index contributed by atoms with van der Waals surface area (Å²) in [7, 11) is 0. The Morgan fingerprint density at radius 2 is 1.56 bits per heavy atom. The molecule has 5 rings (SSSR count). The number of alkyl carbamates (subject to hydrolysis) is 1. The number of rotatable bonds is 7. The lowest BCUT2D eigenvalue weighted by Gasteiger charge is -2.19. The maximum absolute atomic E-state index is 12.3. The maximum atomic E-state index is 12.3. The van der Waals surface area contributed by atoms with Crippen molar-refractivity contribution in [2.45, 2.75) is 18.8 Å². The van der Waals surface area contributed by atoms with Crippen LogP contribution >= 0.6 is 0 Å². The van der Waals surface area contributed by atoms with Crippen molar-refractivity contribution in [1.82, 2.24) is 10.2 Å². The number of amides is 2. The molecule has 7 heteroatoms. The summed E-state index contributed by atoms with van der Waals surface area (Å²) in [6, 6.07) is 16.4. The fourth-order valence-electron chi connectivity index (χ4n) is 5.33. The molecule has 2 amide bonds. The van der Waals surface area contributed by atoms with Gasteiger partial charge < -0.3 is 20.1 Å².